The lowest BCUT2D eigenvalue weighted by Crippen LogP contribution is -2.22. The minimum absolute atomic E-state index is 0.00850. The van der Waals surface area contributed by atoms with Crippen LogP contribution in [0.25, 0.3) is 0 Å². The van der Waals surface area contributed by atoms with Crippen molar-refractivity contribution in [3.8, 4) is 0 Å². The molecule has 0 radical (unpaired) electrons. The lowest BCUT2D eigenvalue weighted by molar-refractivity contribution is -0.384. The van der Waals surface area contributed by atoms with E-state index in [2.05, 4.69) is 5.32 Å². The number of nitro benzene ring substituents is 1. The fourth-order valence-electron chi connectivity index (χ4n) is 2.05. The summed E-state index contributed by atoms with van der Waals surface area (Å²) in [6, 6.07) is 11.5. The first-order valence-electron chi connectivity index (χ1n) is 7.75. The van der Waals surface area contributed by atoms with Gasteiger partial charge in [-0.3, -0.25) is 19.7 Å². The van der Waals surface area contributed by atoms with Crippen molar-refractivity contribution in [3.05, 3.63) is 63.7 Å². The number of esters is 1. The molecule has 8 heteroatoms. The van der Waals surface area contributed by atoms with E-state index in [-0.39, 0.29) is 18.0 Å². The summed E-state index contributed by atoms with van der Waals surface area (Å²) in [6.07, 6.45) is 0. The van der Waals surface area contributed by atoms with E-state index in [9.17, 15) is 19.7 Å². The van der Waals surface area contributed by atoms with Crippen LogP contribution >= 0.6 is 11.8 Å². The summed E-state index contributed by atoms with van der Waals surface area (Å²) in [5.74, 6) is -0.939. The molecule has 0 fully saturated rings. The van der Waals surface area contributed by atoms with Gasteiger partial charge in [-0.25, -0.2) is 0 Å². The highest BCUT2D eigenvalue weighted by molar-refractivity contribution is 8.00. The zero-order valence-corrected chi connectivity index (χ0v) is 15.2. The van der Waals surface area contributed by atoms with E-state index < -0.39 is 16.8 Å². The van der Waals surface area contributed by atoms with Gasteiger partial charge in [0.1, 0.15) is 0 Å². The molecule has 0 unspecified atom stereocenters. The van der Waals surface area contributed by atoms with E-state index in [1.165, 1.54) is 23.9 Å². The van der Waals surface area contributed by atoms with E-state index in [1.807, 2.05) is 32.0 Å². The number of amides is 1. The average molecular weight is 374 g/mol. The third-order valence-electron chi connectivity index (χ3n) is 3.44. The van der Waals surface area contributed by atoms with E-state index >= 15 is 0 Å². The Bertz CT molecular complexity index is 821. The molecule has 0 saturated heterocycles. The summed E-state index contributed by atoms with van der Waals surface area (Å²) in [5, 5.41) is 13.3. The number of nitro groups is 1. The summed E-state index contributed by atoms with van der Waals surface area (Å²) in [5.41, 5.74) is 2.61. The molecule has 2 rings (SSSR count). The normalized spacial score (nSPS) is 10.2. The zero-order valence-electron chi connectivity index (χ0n) is 14.4. The summed E-state index contributed by atoms with van der Waals surface area (Å²) < 4.78 is 4.95. The van der Waals surface area contributed by atoms with Gasteiger partial charge in [-0.05, 0) is 43.2 Å². The number of thioether (sulfide) groups is 1. The van der Waals surface area contributed by atoms with Crippen molar-refractivity contribution in [2.24, 2.45) is 0 Å². The zero-order chi connectivity index (χ0) is 19.1. The van der Waals surface area contributed by atoms with E-state index in [0.29, 0.717) is 10.6 Å². The first-order chi connectivity index (χ1) is 12.3. The molecule has 26 heavy (non-hydrogen) atoms. The number of hydrogen-bond donors (Lipinski definition) is 1. The first kappa shape index (κ1) is 19.5. The van der Waals surface area contributed by atoms with Crippen molar-refractivity contribution in [1.29, 1.82) is 0 Å². The van der Waals surface area contributed by atoms with Gasteiger partial charge >= 0.3 is 5.97 Å². The lowest BCUT2D eigenvalue weighted by atomic mass is 10.1. The number of nitrogens with one attached hydrogen (secondary N) is 1. The van der Waals surface area contributed by atoms with Crippen LogP contribution in [-0.4, -0.2) is 29.2 Å². The van der Waals surface area contributed by atoms with Crippen LogP contribution in [-0.2, 0) is 14.3 Å². The summed E-state index contributed by atoms with van der Waals surface area (Å²) >= 11 is 1.18. The van der Waals surface area contributed by atoms with Gasteiger partial charge in [-0.15, -0.1) is 11.8 Å². The van der Waals surface area contributed by atoms with Crippen LogP contribution in [0.1, 0.15) is 11.1 Å². The predicted molar refractivity (Wildman–Crippen MR) is 99.3 cm³/mol. The Morgan fingerprint density at radius 2 is 1.85 bits per heavy atom. The van der Waals surface area contributed by atoms with Crippen LogP contribution in [0.4, 0.5) is 11.4 Å². The van der Waals surface area contributed by atoms with Crippen LogP contribution in [0.2, 0.25) is 0 Å². The molecule has 7 nitrogen and oxygen atoms in total. The SMILES string of the molecule is Cc1ccc(C)c(NC(=O)COC(=O)CSc2ccc([N+](=O)[O-])cc2)c1. The van der Waals surface area contributed by atoms with Gasteiger partial charge in [-0.1, -0.05) is 12.1 Å². The van der Waals surface area contributed by atoms with Gasteiger partial charge in [0, 0.05) is 22.7 Å². The number of non-ortho nitro benzene ring substituents is 1. The molecule has 0 atom stereocenters. The van der Waals surface area contributed by atoms with Crippen molar-refractivity contribution >= 4 is 35.0 Å². The molecular weight excluding hydrogens is 356 g/mol. The molecule has 136 valence electrons. The maximum Gasteiger partial charge on any atom is 0.316 e. The second-order valence-corrected chi connectivity index (χ2v) is 6.62. The predicted octanol–water partition coefficient (Wildman–Crippen LogP) is 3.49. The molecule has 1 amide bonds. The highest BCUT2D eigenvalue weighted by Gasteiger charge is 2.11. The Morgan fingerprint density at radius 1 is 1.15 bits per heavy atom. The maximum absolute atomic E-state index is 11.9. The number of rotatable bonds is 7. The Balaban J connectivity index is 1.76. The fraction of sp³-hybridized carbons (Fsp3) is 0.222. The molecule has 0 spiro atoms. The third kappa shape index (κ3) is 5.89. The standard InChI is InChI=1S/C18H18N2O5S/c1-12-3-4-13(2)16(9-12)19-17(21)10-25-18(22)11-26-15-7-5-14(6-8-15)20(23)24/h3-9H,10-11H2,1-2H3,(H,19,21). The van der Waals surface area contributed by atoms with Crippen molar-refractivity contribution in [2.75, 3.05) is 17.7 Å². The number of hydrogen-bond acceptors (Lipinski definition) is 6. The minimum atomic E-state index is -0.538. The molecule has 0 aliphatic heterocycles. The van der Waals surface area contributed by atoms with Crippen LogP contribution in [0.5, 0.6) is 0 Å². The Labute approximate surface area is 154 Å². The Kier molecular flexibility index (Phi) is 6.74. The summed E-state index contributed by atoms with van der Waals surface area (Å²) in [6.45, 7) is 3.43. The van der Waals surface area contributed by atoms with Crippen molar-refractivity contribution in [2.45, 2.75) is 18.7 Å². The number of nitrogens with zero attached hydrogens (tertiary/aromatic N) is 1. The Morgan fingerprint density at radius 3 is 2.50 bits per heavy atom. The van der Waals surface area contributed by atoms with Crippen molar-refractivity contribution in [1.82, 2.24) is 0 Å². The van der Waals surface area contributed by atoms with Crippen molar-refractivity contribution < 1.29 is 19.2 Å². The van der Waals surface area contributed by atoms with Crippen LogP contribution in [0, 0.1) is 24.0 Å². The van der Waals surface area contributed by atoms with Crippen LogP contribution in [0.15, 0.2) is 47.4 Å². The van der Waals surface area contributed by atoms with E-state index in [1.54, 1.807) is 12.1 Å². The highest BCUT2D eigenvalue weighted by atomic mass is 32.2. The molecule has 1 N–H and O–H groups in total. The van der Waals surface area contributed by atoms with Crippen molar-refractivity contribution in [3.63, 3.8) is 0 Å². The number of carbonyl (C=O) groups excluding carboxylic acids is 2. The lowest BCUT2D eigenvalue weighted by Gasteiger charge is -2.09. The molecule has 2 aromatic rings. The van der Waals surface area contributed by atoms with Gasteiger partial charge in [0.15, 0.2) is 6.61 Å². The number of benzene rings is 2. The monoisotopic (exact) mass is 374 g/mol. The molecule has 0 heterocycles. The minimum Gasteiger partial charge on any atom is -0.455 e. The molecule has 0 aliphatic rings. The van der Waals surface area contributed by atoms with Crippen LogP contribution < -0.4 is 5.32 Å². The highest BCUT2D eigenvalue weighted by Crippen LogP contribution is 2.21. The van der Waals surface area contributed by atoms with Gasteiger partial charge in [0.2, 0.25) is 0 Å². The fourth-order valence-corrected chi connectivity index (χ4v) is 2.75. The molecular formula is C18H18N2O5S. The van der Waals surface area contributed by atoms with Gasteiger partial charge in [-0.2, -0.15) is 0 Å². The molecule has 2 aromatic carbocycles. The quantitative estimate of drug-likeness (QED) is 0.345. The van der Waals surface area contributed by atoms with Gasteiger partial charge in [0.25, 0.3) is 11.6 Å². The smallest absolute Gasteiger partial charge is 0.316 e. The summed E-state index contributed by atoms with van der Waals surface area (Å²) in [7, 11) is 0. The second-order valence-electron chi connectivity index (χ2n) is 5.57. The molecule has 0 saturated carbocycles. The molecule has 0 aliphatic carbocycles. The maximum atomic E-state index is 11.9. The van der Waals surface area contributed by atoms with Gasteiger partial charge < -0.3 is 10.1 Å². The molecule has 0 bridgehead atoms. The van der Waals surface area contributed by atoms with Crippen LogP contribution in [0.3, 0.4) is 0 Å². The van der Waals surface area contributed by atoms with E-state index in [0.717, 1.165) is 11.1 Å². The molecule has 0 aromatic heterocycles. The second kappa shape index (κ2) is 9.00. The topological polar surface area (TPSA) is 98.5 Å². The third-order valence-corrected chi connectivity index (χ3v) is 4.42. The Hall–Kier alpha value is -2.87. The first-order valence-corrected chi connectivity index (χ1v) is 8.73. The number of aryl methyl sites for hydroxylation is 2. The van der Waals surface area contributed by atoms with Gasteiger partial charge in [0.05, 0.1) is 10.7 Å². The number of ether oxygens (including phenoxy) is 1. The summed E-state index contributed by atoms with van der Waals surface area (Å²) in [4.78, 5) is 34.4. The van der Waals surface area contributed by atoms with E-state index in [4.69, 9.17) is 4.74 Å². The average Bonchev–Trinajstić information content (AvgIpc) is 2.61. The largest absolute Gasteiger partial charge is 0.455 e. The number of carbonyl (C=O) groups is 2. The number of anilines is 1.